The van der Waals surface area contributed by atoms with E-state index in [4.69, 9.17) is 32.7 Å². The SMILES string of the molecule is COc1ccc(Cl)cc1CN(C)C(=O)CCOc1cccc(Cl)c1. The zero-order chi connectivity index (χ0) is 17.5. The van der Waals surface area contributed by atoms with E-state index in [1.807, 2.05) is 0 Å². The number of nitrogens with zero attached hydrogens (tertiary/aromatic N) is 1. The largest absolute Gasteiger partial charge is 0.496 e. The van der Waals surface area contributed by atoms with Gasteiger partial charge in [-0.2, -0.15) is 0 Å². The third-order valence-corrected chi connectivity index (χ3v) is 3.93. The Bertz CT molecular complexity index is 706. The van der Waals surface area contributed by atoms with Crippen LogP contribution in [0.15, 0.2) is 42.5 Å². The lowest BCUT2D eigenvalue weighted by molar-refractivity contribution is -0.130. The summed E-state index contributed by atoms with van der Waals surface area (Å²) in [4.78, 5) is 13.9. The minimum Gasteiger partial charge on any atom is -0.496 e. The molecule has 0 N–H and O–H groups in total. The first kappa shape index (κ1) is 18.4. The van der Waals surface area contributed by atoms with Crippen LogP contribution in [0.5, 0.6) is 11.5 Å². The van der Waals surface area contributed by atoms with E-state index >= 15 is 0 Å². The van der Waals surface area contributed by atoms with Gasteiger partial charge in [0.2, 0.25) is 5.91 Å². The molecule has 0 saturated carbocycles. The second kappa shape index (κ2) is 8.81. The van der Waals surface area contributed by atoms with Crippen molar-refractivity contribution in [2.24, 2.45) is 0 Å². The lowest BCUT2D eigenvalue weighted by Crippen LogP contribution is -2.27. The van der Waals surface area contributed by atoms with Gasteiger partial charge in [-0.25, -0.2) is 0 Å². The minimum atomic E-state index is -0.0287. The van der Waals surface area contributed by atoms with Crippen molar-refractivity contribution in [2.75, 3.05) is 20.8 Å². The summed E-state index contributed by atoms with van der Waals surface area (Å²) in [6.07, 6.45) is 0.270. The normalized spacial score (nSPS) is 10.3. The molecule has 0 bridgehead atoms. The van der Waals surface area contributed by atoms with Gasteiger partial charge in [0.15, 0.2) is 0 Å². The number of hydrogen-bond acceptors (Lipinski definition) is 3. The summed E-state index contributed by atoms with van der Waals surface area (Å²) < 4.78 is 10.8. The second-order valence-electron chi connectivity index (χ2n) is 5.26. The molecule has 0 aliphatic carbocycles. The Balaban J connectivity index is 1.87. The monoisotopic (exact) mass is 367 g/mol. The molecule has 0 radical (unpaired) electrons. The number of benzene rings is 2. The fourth-order valence-corrected chi connectivity index (χ4v) is 2.59. The summed E-state index contributed by atoms with van der Waals surface area (Å²) in [5.74, 6) is 1.32. The van der Waals surface area contributed by atoms with Gasteiger partial charge in [0.1, 0.15) is 11.5 Å². The highest BCUT2D eigenvalue weighted by Crippen LogP contribution is 2.24. The van der Waals surface area contributed by atoms with Crippen LogP contribution in [0.4, 0.5) is 0 Å². The van der Waals surface area contributed by atoms with Crippen molar-refractivity contribution in [2.45, 2.75) is 13.0 Å². The number of rotatable bonds is 7. The number of halogens is 2. The smallest absolute Gasteiger partial charge is 0.226 e. The number of amides is 1. The molecule has 0 aromatic heterocycles. The molecule has 2 aromatic carbocycles. The average molecular weight is 368 g/mol. The second-order valence-corrected chi connectivity index (χ2v) is 6.13. The maximum atomic E-state index is 12.2. The summed E-state index contributed by atoms with van der Waals surface area (Å²) in [6.45, 7) is 0.704. The van der Waals surface area contributed by atoms with Crippen LogP contribution in [0.1, 0.15) is 12.0 Å². The molecular formula is C18H19Cl2NO3. The zero-order valence-electron chi connectivity index (χ0n) is 13.6. The Kier molecular flexibility index (Phi) is 6.76. The van der Waals surface area contributed by atoms with Crippen molar-refractivity contribution in [1.82, 2.24) is 4.90 Å². The molecule has 1 amide bonds. The van der Waals surface area contributed by atoms with Gasteiger partial charge < -0.3 is 14.4 Å². The van der Waals surface area contributed by atoms with Crippen LogP contribution in [0, 0.1) is 0 Å². The molecule has 0 saturated heterocycles. The minimum absolute atomic E-state index is 0.0287. The molecule has 0 aliphatic heterocycles. The first-order valence-corrected chi connectivity index (χ1v) is 8.20. The highest BCUT2D eigenvalue weighted by atomic mass is 35.5. The molecule has 0 spiro atoms. The van der Waals surface area contributed by atoms with E-state index < -0.39 is 0 Å². The van der Waals surface area contributed by atoms with E-state index in [2.05, 4.69) is 0 Å². The first-order valence-electron chi connectivity index (χ1n) is 7.44. The molecule has 4 nitrogen and oxygen atoms in total. The maximum absolute atomic E-state index is 12.2. The Labute approximate surface area is 151 Å². The van der Waals surface area contributed by atoms with Crippen molar-refractivity contribution in [3.63, 3.8) is 0 Å². The van der Waals surface area contributed by atoms with Crippen LogP contribution in [-0.2, 0) is 11.3 Å². The van der Waals surface area contributed by atoms with E-state index in [9.17, 15) is 4.79 Å². The topological polar surface area (TPSA) is 38.8 Å². The van der Waals surface area contributed by atoms with Crippen molar-refractivity contribution in [1.29, 1.82) is 0 Å². The van der Waals surface area contributed by atoms with Crippen LogP contribution in [-0.4, -0.2) is 31.6 Å². The molecule has 0 atom stereocenters. The molecule has 0 fully saturated rings. The Morgan fingerprint density at radius 2 is 1.88 bits per heavy atom. The number of ether oxygens (including phenoxy) is 2. The van der Waals surface area contributed by atoms with E-state index in [1.165, 1.54) is 0 Å². The fourth-order valence-electron chi connectivity index (χ4n) is 2.22. The van der Waals surface area contributed by atoms with Crippen LogP contribution in [0.25, 0.3) is 0 Å². The number of carbonyl (C=O) groups is 1. The number of carbonyl (C=O) groups excluding carboxylic acids is 1. The third-order valence-electron chi connectivity index (χ3n) is 3.46. The molecule has 128 valence electrons. The highest BCUT2D eigenvalue weighted by Gasteiger charge is 2.13. The summed E-state index contributed by atoms with van der Waals surface area (Å²) in [6, 6.07) is 12.4. The van der Waals surface area contributed by atoms with E-state index in [-0.39, 0.29) is 18.9 Å². The predicted molar refractivity (Wildman–Crippen MR) is 96.0 cm³/mol. The van der Waals surface area contributed by atoms with Crippen molar-refractivity contribution < 1.29 is 14.3 Å². The standard InChI is InChI=1S/C18H19Cl2NO3/c1-21(12-13-10-15(20)6-7-17(13)23-2)18(22)8-9-24-16-5-3-4-14(19)11-16/h3-7,10-11H,8-9,12H2,1-2H3. The Hall–Kier alpha value is -1.91. The quantitative estimate of drug-likeness (QED) is 0.726. The van der Waals surface area contributed by atoms with E-state index in [0.717, 1.165) is 5.56 Å². The van der Waals surface area contributed by atoms with Gasteiger partial charge >= 0.3 is 0 Å². The third kappa shape index (κ3) is 5.32. The summed E-state index contributed by atoms with van der Waals surface area (Å²) >= 11 is 11.9. The lowest BCUT2D eigenvalue weighted by atomic mass is 10.2. The summed E-state index contributed by atoms with van der Waals surface area (Å²) in [5, 5.41) is 1.21. The van der Waals surface area contributed by atoms with Gasteiger partial charge in [-0.15, -0.1) is 0 Å². The number of hydrogen-bond donors (Lipinski definition) is 0. The Morgan fingerprint density at radius 3 is 2.58 bits per heavy atom. The van der Waals surface area contributed by atoms with Gasteiger partial charge in [0, 0.05) is 29.2 Å². The predicted octanol–water partition coefficient (Wildman–Crippen LogP) is 4.43. The van der Waals surface area contributed by atoms with Crippen LogP contribution in [0.3, 0.4) is 0 Å². The van der Waals surface area contributed by atoms with Crippen molar-refractivity contribution >= 4 is 29.1 Å². The molecule has 24 heavy (non-hydrogen) atoms. The maximum Gasteiger partial charge on any atom is 0.226 e. The van der Waals surface area contributed by atoms with Gasteiger partial charge in [0.25, 0.3) is 0 Å². The van der Waals surface area contributed by atoms with E-state index in [1.54, 1.807) is 61.5 Å². The van der Waals surface area contributed by atoms with E-state index in [0.29, 0.717) is 28.1 Å². The number of methoxy groups -OCH3 is 1. The molecule has 0 heterocycles. The molecule has 0 aliphatic rings. The lowest BCUT2D eigenvalue weighted by Gasteiger charge is -2.19. The Morgan fingerprint density at radius 1 is 1.12 bits per heavy atom. The van der Waals surface area contributed by atoms with Crippen LogP contribution >= 0.6 is 23.2 Å². The first-order chi connectivity index (χ1) is 11.5. The van der Waals surface area contributed by atoms with Gasteiger partial charge in [0.05, 0.1) is 20.1 Å². The van der Waals surface area contributed by atoms with Crippen molar-refractivity contribution in [3.05, 3.63) is 58.1 Å². The zero-order valence-corrected chi connectivity index (χ0v) is 15.1. The molecule has 6 heteroatoms. The highest BCUT2D eigenvalue weighted by molar-refractivity contribution is 6.31. The van der Waals surface area contributed by atoms with Gasteiger partial charge in [-0.3, -0.25) is 4.79 Å². The summed E-state index contributed by atoms with van der Waals surface area (Å²) in [7, 11) is 3.33. The molecular weight excluding hydrogens is 349 g/mol. The fraction of sp³-hybridized carbons (Fsp3) is 0.278. The van der Waals surface area contributed by atoms with Gasteiger partial charge in [-0.1, -0.05) is 29.3 Å². The van der Waals surface area contributed by atoms with Crippen LogP contribution < -0.4 is 9.47 Å². The molecule has 2 rings (SSSR count). The summed E-state index contributed by atoms with van der Waals surface area (Å²) in [5.41, 5.74) is 0.858. The van der Waals surface area contributed by atoms with Crippen LogP contribution in [0.2, 0.25) is 10.0 Å². The molecule has 2 aromatic rings. The van der Waals surface area contributed by atoms with Crippen molar-refractivity contribution in [3.8, 4) is 11.5 Å². The average Bonchev–Trinajstić information content (AvgIpc) is 2.55. The van der Waals surface area contributed by atoms with Gasteiger partial charge in [-0.05, 0) is 36.4 Å². The molecule has 0 unspecified atom stereocenters.